The second-order valence-electron chi connectivity index (χ2n) is 7.18. The van der Waals surface area contributed by atoms with Crippen LogP contribution in [-0.4, -0.2) is 47.6 Å². The summed E-state index contributed by atoms with van der Waals surface area (Å²) < 4.78 is 43.7. The van der Waals surface area contributed by atoms with Crippen molar-refractivity contribution in [3.8, 4) is 17.2 Å². The molecule has 0 aromatic heterocycles. The number of sulfonamides is 1. The first-order chi connectivity index (χ1) is 15.8. The molecule has 3 rings (SSSR count). The maximum Gasteiger partial charge on any atom is 0.262 e. The zero-order chi connectivity index (χ0) is 24.0. The average Bonchev–Trinajstić information content (AvgIpc) is 2.83. The number of nitrogens with one attached hydrogen (secondary N) is 1. The van der Waals surface area contributed by atoms with E-state index in [2.05, 4.69) is 4.72 Å². The third-order valence-corrected chi connectivity index (χ3v) is 6.36. The highest BCUT2D eigenvalue weighted by Gasteiger charge is 2.18. The van der Waals surface area contributed by atoms with E-state index in [9.17, 15) is 13.2 Å². The Balaban J connectivity index is 1.73. The summed E-state index contributed by atoms with van der Waals surface area (Å²) in [6.07, 6.45) is 0. The van der Waals surface area contributed by atoms with Crippen LogP contribution in [0.1, 0.15) is 15.9 Å². The second kappa shape index (κ2) is 10.3. The quantitative estimate of drug-likeness (QED) is 0.511. The fourth-order valence-corrected chi connectivity index (χ4v) is 4.32. The number of carbonyl (C=O) groups excluding carboxylic acids is 1. The van der Waals surface area contributed by atoms with Gasteiger partial charge in [0.25, 0.3) is 15.9 Å². The summed E-state index contributed by atoms with van der Waals surface area (Å²) in [7, 11) is 2.39. The first-order valence-corrected chi connectivity index (χ1v) is 11.5. The number of benzene rings is 3. The van der Waals surface area contributed by atoms with Crippen molar-refractivity contribution in [3.05, 3.63) is 77.9 Å². The van der Waals surface area contributed by atoms with Crippen molar-refractivity contribution in [2.45, 2.75) is 11.4 Å². The van der Waals surface area contributed by atoms with Crippen LogP contribution in [0.2, 0.25) is 0 Å². The normalized spacial score (nSPS) is 10.9. The second-order valence-corrected chi connectivity index (χ2v) is 8.86. The molecule has 0 atom stereocenters. The maximum absolute atomic E-state index is 12.9. The van der Waals surface area contributed by atoms with Crippen LogP contribution in [0.5, 0.6) is 17.2 Å². The van der Waals surface area contributed by atoms with Crippen molar-refractivity contribution in [2.24, 2.45) is 0 Å². The van der Waals surface area contributed by atoms with Crippen LogP contribution < -0.4 is 18.9 Å². The lowest BCUT2D eigenvalue weighted by Gasteiger charge is -2.18. The van der Waals surface area contributed by atoms with Gasteiger partial charge >= 0.3 is 0 Å². The summed E-state index contributed by atoms with van der Waals surface area (Å²) in [5, 5.41) is 0. The summed E-state index contributed by atoms with van der Waals surface area (Å²) in [6, 6.07) is 17.9. The number of methoxy groups -OCH3 is 3. The Bertz CT molecular complexity index is 1230. The molecule has 9 heteroatoms. The zero-order valence-corrected chi connectivity index (χ0v) is 19.7. The Kier molecular flexibility index (Phi) is 7.44. The minimum atomic E-state index is -3.85. The molecule has 0 fully saturated rings. The highest BCUT2D eigenvalue weighted by atomic mass is 32.2. The number of carbonyl (C=O) groups is 1. The average molecular weight is 471 g/mol. The number of hydrogen-bond donors (Lipinski definition) is 1. The lowest BCUT2D eigenvalue weighted by atomic mass is 10.1. The van der Waals surface area contributed by atoms with Crippen LogP contribution in [0, 0.1) is 0 Å². The minimum Gasteiger partial charge on any atom is -0.495 e. The summed E-state index contributed by atoms with van der Waals surface area (Å²) in [5.74, 6) is 1.35. The zero-order valence-electron chi connectivity index (χ0n) is 18.9. The molecule has 0 saturated carbocycles. The van der Waals surface area contributed by atoms with E-state index in [-0.39, 0.29) is 10.8 Å². The van der Waals surface area contributed by atoms with Gasteiger partial charge in [0, 0.05) is 19.2 Å². The highest BCUT2D eigenvalue weighted by Crippen LogP contribution is 2.28. The standard InChI is InChI=1S/C24H26N2O6S/c1-26(16-17-9-14-22(31-3)23(15-17)32-4)24(27)18-10-12-19(13-11-18)33(28,29)25-20-7-5-6-8-21(20)30-2/h5-15,25H,16H2,1-4H3. The lowest BCUT2D eigenvalue weighted by Crippen LogP contribution is -2.26. The number of ether oxygens (including phenoxy) is 3. The Morgan fingerprint density at radius 1 is 0.848 bits per heavy atom. The summed E-state index contributed by atoms with van der Waals surface area (Å²) >= 11 is 0. The van der Waals surface area contributed by atoms with Crippen LogP contribution in [0.3, 0.4) is 0 Å². The Labute approximate surface area is 193 Å². The van der Waals surface area contributed by atoms with Gasteiger partial charge in [-0.25, -0.2) is 8.42 Å². The fraction of sp³-hybridized carbons (Fsp3) is 0.208. The van der Waals surface area contributed by atoms with Gasteiger partial charge in [-0.15, -0.1) is 0 Å². The van der Waals surface area contributed by atoms with Crippen molar-refractivity contribution in [3.63, 3.8) is 0 Å². The molecule has 1 N–H and O–H groups in total. The van der Waals surface area contributed by atoms with Gasteiger partial charge in [0.2, 0.25) is 0 Å². The molecule has 0 spiro atoms. The van der Waals surface area contributed by atoms with Gasteiger partial charge in [0.05, 0.1) is 31.9 Å². The number of anilines is 1. The molecule has 0 radical (unpaired) electrons. The SMILES string of the molecule is COc1ccccc1NS(=O)(=O)c1ccc(C(=O)N(C)Cc2ccc(OC)c(OC)c2)cc1. The molecule has 0 saturated heterocycles. The van der Waals surface area contributed by atoms with Crippen LogP contribution in [0.4, 0.5) is 5.69 Å². The Hall–Kier alpha value is -3.72. The molecular formula is C24H26N2O6S. The predicted octanol–water partition coefficient (Wildman–Crippen LogP) is 3.79. The van der Waals surface area contributed by atoms with Gasteiger partial charge in [-0.1, -0.05) is 18.2 Å². The van der Waals surface area contributed by atoms with E-state index >= 15 is 0 Å². The number of rotatable bonds is 9. The van der Waals surface area contributed by atoms with Gasteiger partial charge in [0.1, 0.15) is 5.75 Å². The molecule has 33 heavy (non-hydrogen) atoms. The first kappa shape index (κ1) is 23.9. The fourth-order valence-electron chi connectivity index (χ4n) is 3.25. The molecule has 0 aliphatic carbocycles. The Morgan fingerprint density at radius 2 is 1.48 bits per heavy atom. The van der Waals surface area contributed by atoms with E-state index in [1.54, 1.807) is 51.6 Å². The van der Waals surface area contributed by atoms with E-state index in [1.807, 2.05) is 12.1 Å². The van der Waals surface area contributed by atoms with E-state index in [1.165, 1.54) is 36.3 Å². The molecule has 3 aromatic carbocycles. The molecule has 8 nitrogen and oxygen atoms in total. The van der Waals surface area contributed by atoms with Crippen LogP contribution in [0.25, 0.3) is 0 Å². The topological polar surface area (TPSA) is 94.2 Å². The number of hydrogen-bond acceptors (Lipinski definition) is 6. The molecule has 0 aliphatic rings. The van der Waals surface area contributed by atoms with Gasteiger partial charge in [0.15, 0.2) is 11.5 Å². The van der Waals surface area contributed by atoms with Gasteiger partial charge < -0.3 is 19.1 Å². The molecule has 0 heterocycles. The van der Waals surface area contributed by atoms with Crippen molar-refractivity contribution in [1.82, 2.24) is 4.90 Å². The summed E-state index contributed by atoms with van der Waals surface area (Å²) in [4.78, 5) is 14.4. The van der Waals surface area contributed by atoms with Crippen molar-refractivity contribution in [1.29, 1.82) is 0 Å². The predicted molar refractivity (Wildman–Crippen MR) is 126 cm³/mol. The molecule has 0 aliphatic heterocycles. The minimum absolute atomic E-state index is 0.0347. The number of amides is 1. The van der Waals surface area contributed by atoms with E-state index in [0.29, 0.717) is 35.0 Å². The number of para-hydroxylation sites is 2. The molecule has 1 amide bonds. The molecule has 174 valence electrons. The molecular weight excluding hydrogens is 444 g/mol. The van der Waals surface area contributed by atoms with E-state index in [4.69, 9.17) is 14.2 Å². The third-order valence-electron chi connectivity index (χ3n) is 4.98. The third kappa shape index (κ3) is 5.56. The maximum atomic E-state index is 12.9. The van der Waals surface area contributed by atoms with Crippen molar-refractivity contribution >= 4 is 21.6 Å². The van der Waals surface area contributed by atoms with Crippen LogP contribution in [0.15, 0.2) is 71.6 Å². The van der Waals surface area contributed by atoms with Crippen molar-refractivity contribution in [2.75, 3.05) is 33.1 Å². The monoisotopic (exact) mass is 470 g/mol. The smallest absolute Gasteiger partial charge is 0.262 e. The van der Waals surface area contributed by atoms with Gasteiger partial charge in [-0.2, -0.15) is 0 Å². The molecule has 3 aromatic rings. The highest BCUT2D eigenvalue weighted by molar-refractivity contribution is 7.92. The Morgan fingerprint density at radius 3 is 2.12 bits per heavy atom. The lowest BCUT2D eigenvalue weighted by molar-refractivity contribution is 0.0785. The van der Waals surface area contributed by atoms with Crippen molar-refractivity contribution < 1.29 is 27.4 Å². The first-order valence-electron chi connectivity index (χ1n) is 10.0. The van der Waals surface area contributed by atoms with Crippen LogP contribution >= 0.6 is 0 Å². The number of nitrogens with zero attached hydrogens (tertiary/aromatic N) is 1. The largest absolute Gasteiger partial charge is 0.495 e. The molecule has 0 unspecified atom stereocenters. The van der Waals surface area contributed by atoms with E-state index in [0.717, 1.165) is 5.56 Å². The van der Waals surface area contributed by atoms with E-state index < -0.39 is 10.0 Å². The molecule has 0 bridgehead atoms. The summed E-state index contributed by atoms with van der Waals surface area (Å²) in [5.41, 5.74) is 1.56. The van der Waals surface area contributed by atoms with Crippen LogP contribution in [-0.2, 0) is 16.6 Å². The van der Waals surface area contributed by atoms with Gasteiger partial charge in [-0.05, 0) is 54.1 Å². The van der Waals surface area contributed by atoms with Gasteiger partial charge in [-0.3, -0.25) is 9.52 Å². The summed E-state index contributed by atoms with van der Waals surface area (Å²) in [6.45, 7) is 0.342.